The van der Waals surface area contributed by atoms with E-state index in [0.717, 1.165) is 55.7 Å². The van der Waals surface area contributed by atoms with Gasteiger partial charge in [-0.15, -0.1) is 0 Å². The fraction of sp³-hybridized carbons (Fsp3) is 0. The zero-order valence-corrected chi connectivity index (χ0v) is 29.8. The molecule has 2 aromatic heterocycles. The first-order valence-corrected chi connectivity index (χ1v) is 18.6. The van der Waals surface area contributed by atoms with Crippen LogP contribution in [-0.4, -0.2) is 9.55 Å². The maximum absolute atomic E-state index is 6.68. The Bertz CT molecular complexity index is 3200. The van der Waals surface area contributed by atoms with E-state index in [4.69, 9.17) is 9.40 Å². The van der Waals surface area contributed by atoms with Crippen LogP contribution in [0.5, 0.6) is 0 Å². The third-order valence-electron chi connectivity index (χ3n) is 10.8. The quantitative estimate of drug-likeness (QED) is 0.173. The largest absolute Gasteiger partial charge is 0.435 e. The SMILES string of the molecule is c1ccc(-c2nc3ccc4cccc(N(c5ccc(-c6ccc7ccccc7c6)cc5)c5ccc6c(c5)c5ccccc5n6-c5ccccc5)c4c3o2)cc1. The molecule has 9 aromatic carbocycles. The number of hydrogen-bond acceptors (Lipinski definition) is 3. The van der Waals surface area contributed by atoms with Crippen molar-refractivity contribution >= 4 is 71.5 Å². The van der Waals surface area contributed by atoms with Crippen molar-refractivity contribution in [1.29, 1.82) is 0 Å². The van der Waals surface area contributed by atoms with Gasteiger partial charge in [0.15, 0.2) is 5.58 Å². The van der Waals surface area contributed by atoms with Crippen LogP contribution in [0.15, 0.2) is 205 Å². The second-order valence-electron chi connectivity index (χ2n) is 14.0. The summed E-state index contributed by atoms with van der Waals surface area (Å²) in [4.78, 5) is 7.33. The summed E-state index contributed by atoms with van der Waals surface area (Å²) < 4.78 is 9.04. The van der Waals surface area contributed by atoms with Crippen molar-refractivity contribution in [3.8, 4) is 28.3 Å². The Kier molecular flexibility index (Phi) is 7.14. The first-order valence-electron chi connectivity index (χ1n) is 18.6. The molecule has 0 spiro atoms. The second-order valence-corrected chi connectivity index (χ2v) is 14.0. The molecule has 258 valence electrons. The highest BCUT2D eigenvalue weighted by atomic mass is 16.3. The van der Waals surface area contributed by atoms with E-state index in [1.54, 1.807) is 0 Å². The monoisotopic (exact) mass is 703 g/mol. The van der Waals surface area contributed by atoms with E-state index < -0.39 is 0 Å². The molecule has 0 atom stereocenters. The minimum Gasteiger partial charge on any atom is -0.435 e. The number of hydrogen-bond donors (Lipinski definition) is 0. The summed E-state index contributed by atoms with van der Waals surface area (Å²) in [5.74, 6) is 0.610. The molecule has 2 heterocycles. The van der Waals surface area contributed by atoms with E-state index in [1.807, 2.05) is 30.3 Å². The predicted octanol–water partition coefficient (Wildman–Crippen LogP) is 14.0. The first-order chi connectivity index (χ1) is 27.3. The van der Waals surface area contributed by atoms with Gasteiger partial charge in [0.25, 0.3) is 0 Å². The summed E-state index contributed by atoms with van der Waals surface area (Å²) in [5, 5.41) is 6.96. The van der Waals surface area contributed by atoms with Gasteiger partial charge >= 0.3 is 0 Å². The van der Waals surface area contributed by atoms with Crippen LogP contribution >= 0.6 is 0 Å². The van der Waals surface area contributed by atoms with E-state index >= 15 is 0 Å². The third-order valence-corrected chi connectivity index (χ3v) is 10.8. The van der Waals surface area contributed by atoms with Gasteiger partial charge in [-0.1, -0.05) is 121 Å². The molecule has 0 N–H and O–H groups in total. The number of anilines is 3. The van der Waals surface area contributed by atoms with Crippen molar-refractivity contribution in [2.24, 2.45) is 0 Å². The maximum atomic E-state index is 6.68. The molecule has 0 unspecified atom stereocenters. The average molecular weight is 704 g/mol. The van der Waals surface area contributed by atoms with Gasteiger partial charge in [0.2, 0.25) is 5.89 Å². The number of aromatic nitrogens is 2. The zero-order valence-electron chi connectivity index (χ0n) is 29.8. The molecule has 0 bridgehead atoms. The molecule has 11 rings (SSSR count). The third kappa shape index (κ3) is 5.19. The molecule has 0 saturated heterocycles. The van der Waals surface area contributed by atoms with Crippen molar-refractivity contribution in [3.63, 3.8) is 0 Å². The Balaban J connectivity index is 1.14. The molecule has 0 amide bonds. The van der Waals surface area contributed by atoms with Gasteiger partial charge < -0.3 is 13.9 Å². The van der Waals surface area contributed by atoms with Gasteiger partial charge in [0.05, 0.1) is 22.1 Å². The van der Waals surface area contributed by atoms with E-state index in [-0.39, 0.29) is 0 Å². The van der Waals surface area contributed by atoms with Crippen LogP contribution in [0.3, 0.4) is 0 Å². The lowest BCUT2D eigenvalue weighted by Gasteiger charge is -2.27. The van der Waals surface area contributed by atoms with E-state index in [0.29, 0.717) is 5.89 Å². The van der Waals surface area contributed by atoms with E-state index in [2.05, 4.69) is 179 Å². The molecule has 11 aromatic rings. The summed E-state index contributed by atoms with van der Waals surface area (Å²) in [6, 6.07) is 71.1. The fourth-order valence-corrected chi connectivity index (χ4v) is 8.18. The van der Waals surface area contributed by atoms with Crippen LogP contribution in [0.4, 0.5) is 17.1 Å². The molecule has 0 radical (unpaired) electrons. The molecule has 0 aliphatic carbocycles. The summed E-state index contributed by atoms with van der Waals surface area (Å²) in [7, 11) is 0. The minimum atomic E-state index is 0.610. The summed E-state index contributed by atoms with van der Waals surface area (Å²) in [5.41, 5.74) is 11.5. The maximum Gasteiger partial charge on any atom is 0.227 e. The van der Waals surface area contributed by atoms with Crippen molar-refractivity contribution < 1.29 is 4.42 Å². The lowest BCUT2D eigenvalue weighted by atomic mass is 10.0. The van der Waals surface area contributed by atoms with Crippen molar-refractivity contribution in [2.75, 3.05) is 4.90 Å². The van der Waals surface area contributed by atoms with Crippen LogP contribution in [0.25, 0.3) is 82.7 Å². The topological polar surface area (TPSA) is 34.2 Å². The van der Waals surface area contributed by atoms with Crippen molar-refractivity contribution in [2.45, 2.75) is 0 Å². The lowest BCUT2D eigenvalue weighted by molar-refractivity contribution is 0.623. The summed E-state index contributed by atoms with van der Waals surface area (Å²) in [6.07, 6.45) is 0. The van der Waals surface area contributed by atoms with Crippen LogP contribution in [0, 0.1) is 0 Å². The van der Waals surface area contributed by atoms with Gasteiger partial charge in [0, 0.05) is 33.4 Å². The Hall–Kier alpha value is -7.43. The van der Waals surface area contributed by atoms with Gasteiger partial charge in [-0.3, -0.25) is 0 Å². The number of nitrogens with zero attached hydrogens (tertiary/aromatic N) is 3. The molecule has 0 aliphatic rings. The normalized spacial score (nSPS) is 11.6. The highest BCUT2D eigenvalue weighted by molar-refractivity contribution is 6.14. The zero-order chi connectivity index (χ0) is 36.3. The van der Waals surface area contributed by atoms with Crippen LogP contribution < -0.4 is 4.90 Å². The first kappa shape index (κ1) is 31.1. The number of para-hydroxylation sites is 2. The molecule has 4 heteroatoms. The van der Waals surface area contributed by atoms with E-state index in [9.17, 15) is 0 Å². The van der Waals surface area contributed by atoms with Gasteiger partial charge in [0.1, 0.15) is 5.52 Å². The van der Waals surface area contributed by atoms with Crippen molar-refractivity contribution in [1.82, 2.24) is 9.55 Å². The molecular formula is C51H33N3O. The number of oxazole rings is 1. The number of benzene rings is 9. The highest BCUT2D eigenvalue weighted by Gasteiger charge is 2.22. The molecule has 0 saturated carbocycles. The predicted molar refractivity (Wildman–Crippen MR) is 229 cm³/mol. The standard InChI is InChI=1S/C51H33N3O/c1-3-13-37(14-4-1)51-52-45-30-26-36-16-11-21-48(49(36)50(45)55-51)53(41-27-24-35(25-28-41)39-23-22-34-12-7-8-15-38(34)32-39)42-29-31-47-44(33-42)43-19-9-10-20-46(43)54(47)40-17-5-2-6-18-40/h1-33H. The van der Waals surface area contributed by atoms with Gasteiger partial charge in [-0.25, -0.2) is 4.98 Å². The van der Waals surface area contributed by atoms with Gasteiger partial charge in [-0.2, -0.15) is 0 Å². The molecule has 0 fully saturated rings. The van der Waals surface area contributed by atoms with Crippen molar-refractivity contribution in [3.05, 3.63) is 200 Å². The second kappa shape index (κ2) is 12.6. The van der Waals surface area contributed by atoms with E-state index in [1.165, 1.54) is 38.2 Å². The average Bonchev–Trinajstić information content (AvgIpc) is 3.84. The molecule has 0 aliphatic heterocycles. The number of rotatable bonds is 6. The van der Waals surface area contributed by atoms with Crippen LogP contribution in [0.1, 0.15) is 0 Å². The molecular weight excluding hydrogens is 671 g/mol. The highest BCUT2D eigenvalue weighted by Crippen LogP contribution is 2.45. The van der Waals surface area contributed by atoms with Crippen LogP contribution in [0.2, 0.25) is 0 Å². The lowest BCUT2D eigenvalue weighted by Crippen LogP contribution is -2.10. The molecule has 55 heavy (non-hydrogen) atoms. The fourth-order valence-electron chi connectivity index (χ4n) is 8.18. The van der Waals surface area contributed by atoms with Gasteiger partial charge in [-0.05, 0) is 106 Å². The Labute approximate surface area is 317 Å². The van der Waals surface area contributed by atoms with Crippen LogP contribution in [-0.2, 0) is 0 Å². The number of fused-ring (bicyclic) bond motifs is 7. The summed E-state index contributed by atoms with van der Waals surface area (Å²) in [6.45, 7) is 0. The Morgan fingerprint density at radius 2 is 1.11 bits per heavy atom. The molecule has 4 nitrogen and oxygen atoms in total. The Morgan fingerprint density at radius 3 is 1.96 bits per heavy atom. The Morgan fingerprint density at radius 1 is 0.436 bits per heavy atom. The summed E-state index contributed by atoms with van der Waals surface area (Å²) >= 11 is 0. The smallest absolute Gasteiger partial charge is 0.227 e. The minimum absolute atomic E-state index is 0.610.